The number of aromatic nitrogens is 3. The minimum atomic E-state index is 0.786. The number of anilines is 1. The molecule has 1 N–H and O–H groups in total. The Morgan fingerprint density at radius 2 is 1.83 bits per heavy atom. The molecule has 6 heteroatoms. The molecule has 0 unspecified atom stereocenters. The maximum absolute atomic E-state index is 4.71. The van der Waals surface area contributed by atoms with Gasteiger partial charge >= 0.3 is 0 Å². The monoisotopic (exact) mass is 399 g/mol. The van der Waals surface area contributed by atoms with E-state index < -0.39 is 0 Å². The molecule has 0 aliphatic rings. The second-order valence-corrected chi connectivity index (χ2v) is 7.89. The highest BCUT2D eigenvalue weighted by atomic mass is 32.1. The van der Waals surface area contributed by atoms with Gasteiger partial charge in [0.15, 0.2) is 0 Å². The Kier molecular flexibility index (Phi) is 5.44. The molecule has 0 aliphatic heterocycles. The summed E-state index contributed by atoms with van der Waals surface area (Å²) in [5, 5.41) is 5.32. The van der Waals surface area contributed by atoms with Crippen molar-refractivity contribution < 1.29 is 0 Å². The average Bonchev–Trinajstić information content (AvgIpc) is 3.21. The molecule has 144 valence electrons. The van der Waals surface area contributed by atoms with E-state index in [1.165, 1.54) is 16.7 Å². The molecule has 0 amide bonds. The number of benzene rings is 1. The van der Waals surface area contributed by atoms with Gasteiger partial charge < -0.3 is 0 Å². The number of rotatable bonds is 5. The quantitative estimate of drug-likeness (QED) is 0.348. The van der Waals surface area contributed by atoms with Crippen molar-refractivity contribution >= 4 is 23.2 Å². The van der Waals surface area contributed by atoms with E-state index in [-0.39, 0.29) is 0 Å². The standard InChI is InChI=1S/C23H21N5S/c1-15-10-16(2)22(17(3)11-15)28-26-13-19-7-4-8-20(27-19)21-14-25-23(29-21)18-6-5-9-24-12-18/h4-14,28H,1-3H3/b26-13+. The van der Waals surface area contributed by atoms with Crippen LogP contribution in [0.5, 0.6) is 0 Å². The first-order chi connectivity index (χ1) is 14.1. The predicted octanol–water partition coefficient (Wildman–Crippen LogP) is 5.64. The highest BCUT2D eigenvalue weighted by Crippen LogP contribution is 2.30. The van der Waals surface area contributed by atoms with Gasteiger partial charge in [0.1, 0.15) is 5.01 Å². The molecule has 0 aliphatic carbocycles. The second kappa shape index (κ2) is 8.32. The zero-order chi connectivity index (χ0) is 20.2. The highest BCUT2D eigenvalue weighted by Gasteiger charge is 2.08. The van der Waals surface area contributed by atoms with Crippen LogP contribution in [0.3, 0.4) is 0 Å². The van der Waals surface area contributed by atoms with Crippen molar-refractivity contribution in [1.82, 2.24) is 15.0 Å². The van der Waals surface area contributed by atoms with Crippen molar-refractivity contribution in [2.24, 2.45) is 5.10 Å². The zero-order valence-electron chi connectivity index (χ0n) is 16.5. The fraction of sp³-hybridized carbons (Fsp3) is 0.130. The molecule has 0 radical (unpaired) electrons. The summed E-state index contributed by atoms with van der Waals surface area (Å²) in [5.41, 5.74) is 10.5. The Labute approximate surface area is 174 Å². The fourth-order valence-corrected chi connectivity index (χ4v) is 4.07. The first kappa shape index (κ1) is 19.0. The molecule has 0 atom stereocenters. The van der Waals surface area contributed by atoms with E-state index in [9.17, 15) is 0 Å². The minimum Gasteiger partial charge on any atom is -0.278 e. The van der Waals surface area contributed by atoms with E-state index in [0.29, 0.717) is 0 Å². The van der Waals surface area contributed by atoms with Crippen LogP contribution in [0.4, 0.5) is 5.69 Å². The van der Waals surface area contributed by atoms with Gasteiger partial charge in [0.2, 0.25) is 0 Å². The number of hydrogen-bond donors (Lipinski definition) is 1. The van der Waals surface area contributed by atoms with Gasteiger partial charge in [0.25, 0.3) is 0 Å². The van der Waals surface area contributed by atoms with E-state index in [0.717, 1.165) is 32.5 Å². The number of thiazole rings is 1. The van der Waals surface area contributed by atoms with Gasteiger partial charge in [-0.05, 0) is 56.2 Å². The third-order valence-corrected chi connectivity index (χ3v) is 5.56. The summed E-state index contributed by atoms with van der Waals surface area (Å²) >= 11 is 1.60. The van der Waals surface area contributed by atoms with E-state index in [4.69, 9.17) is 4.98 Å². The Morgan fingerprint density at radius 3 is 2.59 bits per heavy atom. The van der Waals surface area contributed by atoms with Crippen LogP contribution in [-0.4, -0.2) is 21.2 Å². The third-order valence-electron chi connectivity index (χ3n) is 4.49. The molecular weight excluding hydrogens is 378 g/mol. The average molecular weight is 400 g/mol. The number of hydrogen-bond acceptors (Lipinski definition) is 6. The SMILES string of the molecule is Cc1cc(C)c(N/N=C/c2cccc(-c3cnc(-c4cccnc4)s3)n2)c(C)c1. The van der Waals surface area contributed by atoms with Crippen LogP contribution in [-0.2, 0) is 0 Å². The topological polar surface area (TPSA) is 63.1 Å². The van der Waals surface area contributed by atoms with Crippen molar-refractivity contribution in [1.29, 1.82) is 0 Å². The zero-order valence-corrected chi connectivity index (χ0v) is 17.4. The molecule has 4 rings (SSSR count). The summed E-state index contributed by atoms with van der Waals surface area (Å²) < 4.78 is 0. The van der Waals surface area contributed by atoms with Crippen LogP contribution in [0.2, 0.25) is 0 Å². The maximum Gasteiger partial charge on any atom is 0.125 e. The molecular formula is C23H21N5S. The molecule has 0 saturated heterocycles. The van der Waals surface area contributed by atoms with E-state index >= 15 is 0 Å². The van der Waals surface area contributed by atoms with Gasteiger partial charge in [0.05, 0.1) is 28.2 Å². The van der Waals surface area contributed by atoms with E-state index in [2.05, 4.69) is 53.4 Å². The van der Waals surface area contributed by atoms with Crippen molar-refractivity contribution in [2.45, 2.75) is 20.8 Å². The van der Waals surface area contributed by atoms with Crippen LogP contribution in [0.25, 0.3) is 21.1 Å². The van der Waals surface area contributed by atoms with Gasteiger partial charge in [-0.2, -0.15) is 5.10 Å². The maximum atomic E-state index is 4.71. The Balaban J connectivity index is 1.52. The molecule has 4 aromatic rings. The predicted molar refractivity (Wildman–Crippen MR) is 120 cm³/mol. The molecule has 0 bridgehead atoms. The van der Waals surface area contributed by atoms with E-state index in [1.54, 1.807) is 23.7 Å². The van der Waals surface area contributed by atoms with Crippen molar-refractivity contribution in [3.05, 3.63) is 83.4 Å². The molecule has 1 aromatic carbocycles. The molecule has 3 aromatic heterocycles. The molecule has 5 nitrogen and oxygen atoms in total. The van der Waals surface area contributed by atoms with Crippen molar-refractivity contribution in [2.75, 3.05) is 5.43 Å². The van der Waals surface area contributed by atoms with Crippen LogP contribution in [0, 0.1) is 20.8 Å². The lowest BCUT2D eigenvalue weighted by molar-refractivity contribution is 1.24. The lowest BCUT2D eigenvalue weighted by atomic mass is 10.1. The molecule has 0 fully saturated rings. The van der Waals surface area contributed by atoms with Gasteiger partial charge in [0, 0.05) is 24.2 Å². The van der Waals surface area contributed by atoms with Crippen molar-refractivity contribution in [3.63, 3.8) is 0 Å². The summed E-state index contributed by atoms with van der Waals surface area (Å²) in [6.45, 7) is 6.27. The first-order valence-electron chi connectivity index (χ1n) is 9.31. The number of hydrazone groups is 1. The third kappa shape index (κ3) is 4.38. The summed E-state index contributed by atoms with van der Waals surface area (Å²) in [6.07, 6.45) is 7.18. The largest absolute Gasteiger partial charge is 0.278 e. The lowest BCUT2D eigenvalue weighted by Crippen LogP contribution is -1.98. The Hall–Kier alpha value is -3.38. The van der Waals surface area contributed by atoms with Gasteiger partial charge in [-0.1, -0.05) is 23.8 Å². The second-order valence-electron chi connectivity index (χ2n) is 6.86. The summed E-state index contributed by atoms with van der Waals surface area (Å²) in [5.74, 6) is 0. The number of aryl methyl sites for hydroxylation is 3. The minimum absolute atomic E-state index is 0.786. The van der Waals surface area contributed by atoms with Crippen LogP contribution < -0.4 is 5.43 Å². The smallest absolute Gasteiger partial charge is 0.125 e. The normalized spacial score (nSPS) is 11.1. The number of nitrogens with one attached hydrogen (secondary N) is 1. The Morgan fingerprint density at radius 1 is 1.00 bits per heavy atom. The first-order valence-corrected chi connectivity index (χ1v) is 10.1. The van der Waals surface area contributed by atoms with Gasteiger partial charge in [-0.25, -0.2) is 9.97 Å². The summed E-state index contributed by atoms with van der Waals surface area (Å²) in [4.78, 5) is 14.4. The molecule has 29 heavy (non-hydrogen) atoms. The van der Waals surface area contributed by atoms with Gasteiger partial charge in [-0.15, -0.1) is 11.3 Å². The number of nitrogens with zero attached hydrogens (tertiary/aromatic N) is 4. The Bertz CT molecular complexity index is 1140. The highest BCUT2D eigenvalue weighted by molar-refractivity contribution is 7.18. The van der Waals surface area contributed by atoms with Crippen molar-refractivity contribution in [3.8, 4) is 21.1 Å². The van der Waals surface area contributed by atoms with E-state index in [1.807, 2.05) is 42.7 Å². The molecule has 0 saturated carbocycles. The summed E-state index contributed by atoms with van der Waals surface area (Å²) in [6, 6.07) is 14.1. The van der Waals surface area contributed by atoms with Crippen LogP contribution in [0.15, 0.2) is 66.2 Å². The summed E-state index contributed by atoms with van der Waals surface area (Å²) in [7, 11) is 0. The lowest BCUT2D eigenvalue weighted by Gasteiger charge is -2.10. The number of pyridine rings is 2. The molecule has 3 heterocycles. The molecule has 0 spiro atoms. The van der Waals surface area contributed by atoms with Gasteiger partial charge in [-0.3, -0.25) is 10.4 Å². The van der Waals surface area contributed by atoms with Crippen LogP contribution in [0.1, 0.15) is 22.4 Å². The fourth-order valence-electron chi connectivity index (χ4n) is 3.20. The van der Waals surface area contributed by atoms with Crippen LogP contribution >= 0.6 is 11.3 Å².